The molecule has 8 heteroatoms. The maximum absolute atomic E-state index is 12.6. The highest BCUT2D eigenvalue weighted by atomic mass is 16.5. The molecule has 3 aromatic carbocycles. The number of aliphatic carboxylic acids is 1. The van der Waals surface area contributed by atoms with Gasteiger partial charge in [0.1, 0.15) is 18.7 Å². The third-order valence-corrected chi connectivity index (χ3v) is 6.39. The summed E-state index contributed by atoms with van der Waals surface area (Å²) in [7, 11) is 1.74. The molecule has 1 atom stereocenters. The second kappa shape index (κ2) is 8.95. The van der Waals surface area contributed by atoms with Crippen molar-refractivity contribution in [1.82, 2.24) is 15.1 Å². The maximum atomic E-state index is 12.6. The van der Waals surface area contributed by atoms with Gasteiger partial charge >= 0.3 is 12.1 Å². The Hall–Kier alpha value is -4.64. The van der Waals surface area contributed by atoms with Gasteiger partial charge in [-0.3, -0.25) is 4.68 Å². The highest BCUT2D eigenvalue weighted by molar-refractivity contribution is 5.85. The lowest BCUT2D eigenvalue weighted by atomic mass is 9.98. The Morgan fingerprint density at radius 2 is 1.77 bits per heavy atom. The molecule has 0 radical (unpaired) electrons. The Morgan fingerprint density at radius 1 is 1.11 bits per heavy atom. The first-order chi connectivity index (χ1) is 17.0. The molecule has 0 fully saturated rings. The summed E-state index contributed by atoms with van der Waals surface area (Å²) in [5.74, 6) is -1.29. The van der Waals surface area contributed by atoms with Crippen molar-refractivity contribution < 1.29 is 19.4 Å². The predicted molar refractivity (Wildman–Crippen MR) is 129 cm³/mol. The number of benzene rings is 3. The minimum absolute atomic E-state index is 0.0369. The fourth-order valence-corrected chi connectivity index (χ4v) is 4.74. The standard InChI is InChI=1S/C27H22N4O4/c1-31-25-11-10-16(12-21(25)24(14-28)30-31)13-23(26(32)33)29-27(34)35-15-22-19-8-4-2-6-17(19)18-7-3-5-9-20(18)22/h2-12,22-23H,13,15H2,1H3,(H,29,34)(H,32,33)/t23-/m0/s1. The van der Waals surface area contributed by atoms with Gasteiger partial charge in [-0.15, -0.1) is 0 Å². The van der Waals surface area contributed by atoms with Crippen molar-refractivity contribution in [2.24, 2.45) is 7.05 Å². The van der Waals surface area contributed by atoms with Gasteiger partial charge in [-0.1, -0.05) is 54.6 Å². The number of aromatic nitrogens is 2. The number of rotatable bonds is 6. The number of fused-ring (bicyclic) bond motifs is 4. The van der Waals surface area contributed by atoms with Crippen LogP contribution in [0.3, 0.4) is 0 Å². The fraction of sp³-hybridized carbons (Fsp3) is 0.185. The number of carboxylic acids is 1. The SMILES string of the molecule is Cn1nc(C#N)c2cc(C[C@H](NC(=O)OCC3c4ccccc4-c4ccccc43)C(=O)O)ccc21. The molecule has 2 N–H and O–H groups in total. The number of ether oxygens (including phenoxy) is 1. The van der Waals surface area contributed by atoms with Crippen LogP contribution in [0.25, 0.3) is 22.0 Å². The summed E-state index contributed by atoms with van der Waals surface area (Å²) in [5, 5.41) is 26.3. The van der Waals surface area contributed by atoms with E-state index in [0.717, 1.165) is 27.8 Å². The van der Waals surface area contributed by atoms with Crippen LogP contribution in [0.15, 0.2) is 66.7 Å². The van der Waals surface area contributed by atoms with Crippen LogP contribution in [0.2, 0.25) is 0 Å². The molecule has 8 nitrogen and oxygen atoms in total. The molecule has 0 saturated heterocycles. The van der Waals surface area contributed by atoms with Gasteiger partial charge in [0.2, 0.25) is 0 Å². The highest BCUT2D eigenvalue weighted by Crippen LogP contribution is 2.44. The lowest BCUT2D eigenvalue weighted by molar-refractivity contribution is -0.139. The van der Waals surface area contributed by atoms with Crippen LogP contribution in [0.1, 0.15) is 28.3 Å². The summed E-state index contributed by atoms with van der Waals surface area (Å²) in [4.78, 5) is 24.5. The van der Waals surface area contributed by atoms with Gasteiger partial charge < -0.3 is 15.2 Å². The molecule has 1 aliphatic rings. The van der Waals surface area contributed by atoms with Crippen molar-refractivity contribution in [3.63, 3.8) is 0 Å². The van der Waals surface area contributed by atoms with Crippen molar-refractivity contribution >= 4 is 23.0 Å². The van der Waals surface area contributed by atoms with E-state index in [-0.39, 0.29) is 24.6 Å². The highest BCUT2D eigenvalue weighted by Gasteiger charge is 2.30. The number of carbonyl (C=O) groups excluding carboxylic acids is 1. The lowest BCUT2D eigenvalue weighted by Gasteiger charge is -2.17. The van der Waals surface area contributed by atoms with E-state index in [1.165, 1.54) is 0 Å². The average Bonchev–Trinajstić information content (AvgIpc) is 3.36. The van der Waals surface area contributed by atoms with Gasteiger partial charge in [0.05, 0.1) is 5.52 Å². The normalized spacial score (nSPS) is 13.0. The third-order valence-electron chi connectivity index (χ3n) is 6.39. The second-order valence-electron chi connectivity index (χ2n) is 8.50. The number of nitriles is 1. The summed E-state index contributed by atoms with van der Waals surface area (Å²) < 4.78 is 7.10. The minimum atomic E-state index is -1.19. The van der Waals surface area contributed by atoms with Crippen molar-refractivity contribution in [3.05, 3.63) is 89.1 Å². The van der Waals surface area contributed by atoms with E-state index >= 15 is 0 Å². The molecule has 4 aromatic rings. The molecular weight excluding hydrogens is 444 g/mol. The van der Waals surface area contributed by atoms with Gasteiger partial charge in [-0.2, -0.15) is 10.4 Å². The third kappa shape index (κ3) is 4.08. The maximum Gasteiger partial charge on any atom is 0.407 e. The van der Waals surface area contributed by atoms with Gasteiger partial charge in [0, 0.05) is 24.8 Å². The van der Waals surface area contributed by atoms with Crippen LogP contribution >= 0.6 is 0 Å². The Kier molecular flexibility index (Phi) is 5.67. The number of nitrogens with one attached hydrogen (secondary N) is 1. The first-order valence-electron chi connectivity index (χ1n) is 11.2. The van der Waals surface area contributed by atoms with Crippen LogP contribution < -0.4 is 5.32 Å². The van der Waals surface area contributed by atoms with E-state index in [2.05, 4.69) is 10.4 Å². The number of nitrogens with zero attached hydrogens (tertiary/aromatic N) is 3. The molecule has 0 unspecified atom stereocenters. The van der Waals surface area contributed by atoms with Crippen LogP contribution in [0.4, 0.5) is 4.79 Å². The molecule has 0 aliphatic heterocycles. The van der Waals surface area contributed by atoms with Crippen LogP contribution in [-0.4, -0.2) is 39.6 Å². The van der Waals surface area contributed by atoms with Crippen molar-refractivity contribution in [3.8, 4) is 17.2 Å². The number of hydrogen-bond acceptors (Lipinski definition) is 5. The number of carboxylic acid groups (broad SMARTS) is 1. The van der Waals surface area contributed by atoms with Gasteiger partial charge in [0.25, 0.3) is 0 Å². The number of alkyl carbamates (subject to hydrolysis) is 1. The van der Waals surface area contributed by atoms with Gasteiger partial charge in [-0.25, -0.2) is 9.59 Å². The van der Waals surface area contributed by atoms with Gasteiger partial charge in [0.15, 0.2) is 5.69 Å². The van der Waals surface area contributed by atoms with Crippen LogP contribution in [-0.2, 0) is 23.0 Å². The van der Waals surface area contributed by atoms with Crippen molar-refractivity contribution in [2.45, 2.75) is 18.4 Å². The van der Waals surface area contributed by atoms with Crippen molar-refractivity contribution in [2.75, 3.05) is 6.61 Å². The molecule has 1 aliphatic carbocycles. The molecule has 0 bridgehead atoms. The zero-order chi connectivity index (χ0) is 24.5. The summed E-state index contributed by atoms with van der Waals surface area (Å²) in [6.45, 7) is 0.0966. The summed E-state index contributed by atoms with van der Waals surface area (Å²) in [6, 6.07) is 22.1. The monoisotopic (exact) mass is 466 g/mol. The number of hydrogen-bond donors (Lipinski definition) is 2. The summed E-state index contributed by atoms with van der Waals surface area (Å²) in [5.41, 5.74) is 6.07. The Bertz CT molecular complexity index is 1460. The van der Waals surface area contributed by atoms with E-state index in [9.17, 15) is 20.0 Å². The quantitative estimate of drug-likeness (QED) is 0.444. The fourth-order valence-electron chi connectivity index (χ4n) is 4.74. The Labute approximate surface area is 201 Å². The van der Waals surface area contributed by atoms with Crippen LogP contribution in [0, 0.1) is 11.3 Å². The van der Waals surface area contributed by atoms with Crippen molar-refractivity contribution in [1.29, 1.82) is 5.26 Å². The molecule has 0 saturated carbocycles. The molecule has 1 amide bonds. The molecule has 0 spiro atoms. The summed E-state index contributed by atoms with van der Waals surface area (Å²) in [6.07, 6.45) is -0.755. The Balaban J connectivity index is 1.29. The molecule has 5 rings (SSSR count). The van der Waals surface area contributed by atoms with Crippen LogP contribution in [0.5, 0.6) is 0 Å². The van der Waals surface area contributed by atoms with E-state index in [4.69, 9.17) is 4.74 Å². The zero-order valence-corrected chi connectivity index (χ0v) is 18.9. The smallest absolute Gasteiger partial charge is 0.407 e. The first-order valence-corrected chi connectivity index (χ1v) is 11.2. The summed E-state index contributed by atoms with van der Waals surface area (Å²) >= 11 is 0. The topological polar surface area (TPSA) is 117 Å². The lowest BCUT2D eigenvalue weighted by Crippen LogP contribution is -2.42. The van der Waals surface area contributed by atoms with E-state index in [1.54, 1.807) is 29.9 Å². The minimum Gasteiger partial charge on any atom is -0.480 e. The predicted octanol–water partition coefficient (Wildman–Crippen LogP) is 3.98. The largest absolute Gasteiger partial charge is 0.480 e. The number of amides is 1. The number of aryl methyl sites for hydroxylation is 1. The van der Waals surface area contributed by atoms with Gasteiger partial charge in [-0.05, 0) is 39.9 Å². The molecule has 1 aromatic heterocycles. The van der Waals surface area contributed by atoms with E-state index in [0.29, 0.717) is 10.9 Å². The van der Waals surface area contributed by atoms with E-state index in [1.807, 2.05) is 54.6 Å². The first kappa shape index (κ1) is 22.2. The molecular formula is C27H22N4O4. The Morgan fingerprint density at radius 3 is 2.40 bits per heavy atom. The second-order valence-corrected chi connectivity index (χ2v) is 8.50. The molecule has 1 heterocycles. The number of carbonyl (C=O) groups is 2. The zero-order valence-electron chi connectivity index (χ0n) is 18.9. The molecule has 174 valence electrons. The molecule has 35 heavy (non-hydrogen) atoms. The van der Waals surface area contributed by atoms with E-state index < -0.39 is 18.1 Å². The average molecular weight is 466 g/mol.